The standard InChI is InChI=1S/C22H44/c1-9-20(13-15(2)3)22-14-21(19(22)8)18(7)12-10-11-17(6)16(4)5/h15-22H,9-14H2,1-8H3. The van der Waals surface area contributed by atoms with Crippen molar-refractivity contribution in [2.24, 2.45) is 47.3 Å². The third kappa shape index (κ3) is 5.57. The van der Waals surface area contributed by atoms with Crippen molar-refractivity contribution in [3.63, 3.8) is 0 Å². The second-order valence-corrected chi connectivity index (χ2v) is 9.35. The van der Waals surface area contributed by atoms with Gasteiger partial charge in [0.1, 0.15) is 0 Å². The molecule has 6 unspecified atom stereocenters. The van der Waals surface area contributed by atoms with E-state index in [1.54, 1.807) is 0 Å². The summed E-state index contributed by atoms with van der Waals surface area (Å²) in [6.07, 6.45) is 8.68. The zero-order chi connectivity index (χ0) is 16.9. The van der Waals surface area contributed by atoms with E-state index in [0.717, 1.165) is 47.3 Å². The van der Waals surface area contributed by atoms with Gasteiger partial charge in [0.05, 0.1) is 0 Å². The first-order valence-electron chi connectivity index (χ1n) is 10.3. The Morgan fingerprint density at radius 3 is 2.00 bits per heavy atom. The van der Waals surface area contributed by atoms with Crippen LogP contribution in [0.4, 0.5) is 0 Å². The van der Waals surface area contributed by atoms with E-state index in [-0.39, 0.29) is 0 Å². The number of hydrogen-bond acceptors (Lipinski definition) is 0. The molecule has 0 aromatic heterocycles. The summed E-state index contributed by atoms with van der Waals surface area (Å²) in [6, 6.07) is 0. The zero-order valence-corrected chi connectivity index (χ0v) is 16.9. The van der Waals surface area contributed by atoms with Gasteiger partial charge in [0.15, 0.2) is 0 Å². The fourth-order valence-corrected chi connectivity index (χ4v) is 4.80. The summed E-state index contributed by atoms with van der Waals surface area (Å²) in [5.41, 5.74) is 0. The molecule has 6 atom stereocenters. The maximum Gasteiger partial charge on any atom is -0.0354 e. The summed E-state index contributed by atoms with van der Waals surface area (Å²) in [7, 11) is 0. The Morgan fingerprint density at radius 2 is 1.55 bits per heavy atom. The molecule has 0 radical (unpaired) electrons. The minimum absolute atomic E-state index is 0.851. The van der Waals surface area contributed by atoms with E-state index < -0.39 is 0 Å². The molecule has 0 amide bonds. The van der Waals surface area contributed by atoms with Crippen LogP contribution in [-0.2, 0) is 0 Å². The van der Waals surface area contributed by atoms with Crippen LogP contribution in [0.1, 0.15) is 93.9 Å². The normalized spacial score (nSPS) is 29.5. The van der Waals surface area contributed by atoms with Gasteiger partial charge in [-0.1, -0.05) is 81.1 Å². The van der Waals surface area contributed by atoms with Crippen LogP contribution in [0.3, 0.4) is 0 Å². The lowest BCUT2D eigenvalue weighted by molar-refractivity contribution is -0.00869. The molecule has 0 nitrogen and oxygen atoms in total. The van der Waals surface area contributed by atoms with Crippen molar-refractivity contribution in [2.45, 2.75) is 93.9 Å². The molecule has 0 heterocycles. The van der Waals surface area contributed by atoms with E-state index in [9.17, 15) is 0 Å². The van der Waals surface area contributed by atoms with E-state index in [1.807, 2.05) is 0 Å². The minimum Gasteiger partial charge on any atom is -0.0651 e. The molecule has 0 N–H and O–H groups in total. The van der Waals surface area contributed by atoms with Crippen molar-refractivity contribution >= 4 is 0 Å². The maximum absolute atomic E-state index is 2.55. The van der Waals surface area contributed by atoms with Gasteiger partial charge in [-0.2, -0.15) is 0 Å². The van der Waals surface area contributed by atoms with Crippen molar-refractivity contribution in [1.29, 1.82) is 0 Å². The molecule has 1 rings (SSSR count). The molecule has 22 heavy (non-hydrogen) atoms. The summed E-state index contributed by atoms with van der Waals surface area (Å²) in [4.78, 5) is 0. The van der Waals surface area contributed by atoms with Gasteiger partial charge >= 0.3 is 0 Å². The van der Waals surface area contributed by atoms with E-state index in [1.165, 1.54) is 38.5 Å². The van der Waals surface area contributed by atoms with Crippen LogP contribution >= 0.6 is 0 Å². The molecule has 0 saturated heterocycles. The first-order chi connectivity index (χ1) is 10.3. The Balaban J connectivity index is 2.33. The van der Waals surface area contributed by atoms with E-state index in [4.69, 9.17) is 0 Å². The average Bonchev–Trinajstić information content (AvgIpc) is 2.43. The molecule has 0 spiro atoms. The van der Waals surface area contributed by atoms with Gasteiger partial charge in [-0.05, 0) is 60.2 Å². The number of rotatable bonds is 10. The van der Waals surface area contributed by atoms with Crippen molar-refractivity contribution < 1.29 is 0 Å². The molecule has 0 bridgehead atoms. The smallest absolute Gasteiger partial charge is 0.0354 e. The first-order valence-corrected chi connectivity index (χ1v) is 10.3. The van der Waals surface area contributed by atoms with E-state index in [2.05, 4.69) is 55.4 Å². The highest BCUT2D eigenvalue weighted by Gasteiger charge is 2.43. The Hall–Kier alpha value is 0. The largest absolute Gasteiger partial charge is 0.0651 e. The summed E-state index contributed by atoms with van der Waals surface area (Å²) < 4.78 is 0. The van der Waals surface area contributed by atoms with Crippen molar-refractivity contribution in [3.8, 4) is 0 Å². The van der Waals surface area contributed by atoms with Crippen molar-refractivity contribution in [1.82, 2.24) is 0 Å². The van der Waals surface area contributed by atoms with Crippen LogP contribution in [0.15, 0.2) is 0 Å². The van der Waals surface area contributed by atoms with Crippen LogP contribution in [0, 0.1) is 47.3 Å². The summed E-state index contributed by atoms with van der Waals surface area (Å²) in [6.45, 7) is 19.4. The molecule has 1 fully saturated rings. The average molecular weight is 309 g/mol. The summed E-state index contributed by atoms with van der Waals surface area (Å²) >= 11 is 0. The van der Waals surface area contributed by atoms with Gasteiger partial charge in [-0.25, -0.2) is 0 Å². The van der Waals surface area contributed by atoms with Gasteiger partial charge in [0, 0.05) is 0 Å². The first kappa shape index (κ1) is 20.0. The molecule has 1 aliphatic rings. The molecule has 1 aliphatic carbocycles. The Kier molecular flexibility index (Phi) is 8.50. The lowest BCUT2D eigenvalue weighted by Gasteiger charge is -2.50. The molecular formula is C22H44. The lowest BCUT2D eigenvalue weighted by Crippen LogP contribution is -2.42. The van der Waals surface area contributed by atoms with Crippen LogP contribution in [-0.4, -0.2) is 0 Å². The fourth-order valence-electron chi connectivity index (χ4n) is 4.80. The van der Waals surface area contributed by atoms with Crippen molar-refractivity contribution in [2.75, 3.05) is 0 Å². The molecule has 0 aliphatic heterocycles. The van der Waals surface area contributed by atoms with Gasteiger partial charge in [-0.3, -0.25) is 0 Å². The molecule has 0 heteroatoms. The highest BCUT2D eigenvalue weighted by atomic mass is 14.5. The van der Waals surface area contributed by atoms with Crippen LogP contribution in [0.2, 0.25) is 0 Å². The highest BCUT2D eigenvalue weighted by molar-refractivity contribution is 4.92. The van der Waals surface area contributed by atoms with Gasteiger partial charge in [0.2, 0.25) is 0 Å². The molecule has 1 saturated carbocycles. The fraction of sp³-hybridized carbons (Fsp3) is 1.00. The topological polar surface area (TPSA) is 0 Å². The monoisotopic (exact) mass is 308 g/mol. The second kappa shape index (κ2) is 9.33. The van der Waals surface area contributed by atoms with Crippen LogP contribution in [0.5, 0.6) is 0 Å². The zero-order valence-electron chi connectivity index (χ0n) is 16.9. The second-order valence-electron chi connectivity index (χ2n) is 9.35. The van der Waals surface area contributed by atoms with Gasteiger partial charge in [0.25, 0.3) is 0 Å². The van der Waals surface area contributed by atoms with E-state index in [0.29, 0.717) is 0 Å². The maximum atomic E-state index is 2.55. The SMILES string of the molecule is CCC(CC(C)C)C1CC(C(C)CCCC(C)C(C)C)C1C. The predicted molar refractivity (Wildman–Crippen MR) is 101 cm³/mol. The molecule has 132 valence electrons. The van der Waals surface area contributed by atoms with Crippen LogP contribution < -0.4 is 0 Å². The predicted octanol–water partition coefficient (Wildman–Crippen LogP) is 7.43. The van der Waals surface area contributed by atoms with Crippen LogP contribution in [0.25, 0.3) is 0 Å². The molecular weight excluding hydrogens is 264 g/mol. The quantitative estimate of drug-likeness (QED) is 0.393. The minimum atomic E-state index is 0.851. The molecule has 0 aromatic rings. The third-order valence-electron chi connectivity index (χ3n) is 6.99. The summed E-state index contributed by atoms with van der Waals surface area (Å²) in [5.74, 6) is 7.56. The Morgan fingerprint density at radius 1 is 0.909 bits per heavy atom. The van der Waals surface area contributed by atoms with Crippen molar-refractivity contribution in [3.05, 3.63) is 0 Å². The number of hydrogen-bond donors (Lipinski definition) is 0. The Labute approximate surface area is 141 Å². The highest BCUT2D eigenvalue weighted by Crippen LogP contribution is 2.51. The van der Waals surface area contributed by atoms with Gasteiger partial charge in [-0.15, -0.1) is 0 Å². The lowest BCUT2D eigenvalue weighted by atomic mass is 9.55. The van der Waals surface area contributed by atoms with Gasteiger partial charge < -0.3 is 0 Å². The molecule has 0 aromatic carbocycles. The third-order valence-corrected chi connectivity index (χ3v) is 6.99. The van der Waals surface area contributed by atoms with E-state index >= 15 is 0 Å². The summed E-state index contributed by atoms with van der Waals surface area (Å²) in [5, 5.41) is 0. The Bertz CT molecular complexity index is 290.